The van der Waals surface area contributed by atoms with Crippen LogP contribution >= 0.6 is 0 Å². The summed E-state index contributed by atoms with van der Waals surface area (Å²) in [5, 5.41) is 1.63. The van der Waals surface area contributed by atoms with Gasteiger partial charge in [0.05, 0.1) is 23.0 Å². The fourth-order valence-corrected chi connectivity index (χ4v) is 13.8. The Hall–Kier alpha value is -3.63. The number of hydrogen-bond donors (Lipinski definition) is 0. The van der Waals surface area contributed by atoms with E-state index in [0.717, 1.165) is 20.2 Å². The van der Waals surface area contributed by atoms with E-state index in [0.29, 0.717) is 6.54 Å². The molecule has 9 heteroatoms. The van der Waals surface area contributed by atoms with E-state index in [9.17, 15) is 18.0 Å². The molecule has 3 aromatic rings. The lowest BCUT2D eigenvalue weighted by Crippen LogP contribution is -2.72. The molecular weight excluding hydrogens is 625 g/mol. The van der Waals surface area contributed by atoms with Crippen molar-refractivity contribution in [1.29, 1.82) is 0 Å². The molecule has 5 rings (SSSR count). The molecule has 2 aliphatic rings. The topological polar surface area (TPSA) is 84.0 Å². The Labute approximate surface area is 281 Å². The molecule has 0 bridgehead atoms. The minimum absolute atomic E-state index is 0.0357. The van der Waals surface area contributed by atoms with Gasteiger partial charge in [0.25, 0.3) is 18.3 Å². The number of ketones is 1. The zero-order chi connectivity index (χ0) is 34.2. The van der Waals surface area contributed by atoms with E-state index in [1.165, 1.54) is 18.2 Å². The van der Waals surface area contributed by atoms with E-state index in [1.54, 1.807) is 24.3 Å². The SMILES string of the molecule is C=CC[C@@]12C=CC(=O)C(CN(C)C)[C@@H]1[C@@H](O[Si](c1ccccc1)(c1ccccc1)C(C)(C)C)CN(S(=O)(=O)c1ccc(C)cc1)C2=O. The van der Waals surface area contributed by atoms with E-state index in [1.807, 2.05) is 62.3 Å². The van der Waals surface area contributed by atoms with Gasteiger partial charge in [-0.2, -0.15) is 0 Å². The summed E-state index contributed by atoms with van der Waals surface area (Å²) in [5.74, 6) is -1.90. The minimum Gasteiger partial charge on any atom is -0.402 e. The lowest BCUT2D eigenvalue weighted by atomic mass is 9.59. The maximum atomic E-state index is 14.8. The van der Waals surface area contributed by atoms with Gasteiger partial charge < -0.3 is 9.33 Å². The van der Waals surface area contributed by atoms with Crippen molar-refractivity contribution in [2.75, 3.05) is 27.2 Å². The second-order valence-electron chi connectivity index (χ2n) is 14.1. The third-order valence-electron chi connectivity index (χ3n) is 9.71. The molecule has 0 saturated carbocycles. The number of benzene rings is 3. The van der Waals surface area contributed by atoms with Gasteiger partial charge >= 0.3 is 0 Å². The Balaban J connectivity index is 1.80. The first-order valence-electron chi connectivity index (χ1n) is 16.1. The van der Waals surface area contributed by atoms with Crippen molar-refractivity contribution in [2.45, 2.75) is 50.2 Å². The standard InChI is InChI=1S/C38H46N2O5SSi/c1-8-24-38-25-23-33(41)32(26-39(6)7)35(38)34(27-40(36(38)42)46(43,44)29-21-19-28(2)20-22-29)45-47(37(3,4)5,30-15-11-9-12-16-30)31-17-13-10-14-18-31/h8-23,25,32,34-35H,1,24,26-27H2,2-7H3/t32?,34-,35+,38+/m0/s1. The van der Waals surface area contributed by atoms with Crippen molar-refractivity contribution in [3.05, 3.63) is 115 Å². The number of allylic oxidation sites excluding steroid dienone is 2. The number of aryl methyl sites for hydroxylation is 1. The average Bonchev–Trinajstić information content (AvgIpc) is 3.03. The van der Waals surface area contributed by atoms with Gasteiger partial charge in [-0.25, -0.2) is 12.7 Å². The lowest BCUT2D eigenvalue weighted by Gasteiger charge is -2.55. The predicted molar refractivity (Wildman–Crippen MR) is 189 cm³/mol. The Morgan fingerprint density at radius 2 is 1.51 bits per heavy atom. The van der Waals surface area contributed by atoms with Gasteiger partial charge in [0, 0.05) is 18.4 Å². The van der Waals surface area contributed by atoms with E-state index in [4.69, 9.17) is 4.43 Å². The molecule has 1 saturated heterocycles. The molecule has 1 heterocycles. The molecule has 0 spiro atoms. The van der Waals surface area contributed by atoms with Crippen LogP contribution in [0.4, 0.5) is 0 Å². The molecule has 0 aromatic heterocycles. The summed E-state index contributed by atoms with van der Waals surface area (Å²) in [7, 11) is -3.75. The highest BCUT2D eigenvalue weighted by Gasteiger charge is 2.63. The molecule has 3 aromatic carbocycles. The fourth-order valence-electron chi connectivity index (χ4n) is 7.60. The highest BCUT2D eigenvalue weighted by molar-refractivity contribution is 7.89. The fraction of sp³-hybridized carbons (Fsp3) is 0.368. The van der Waals surface area contributed by atoms with Crippen LogP contribution in [0.2, 0.25) is 5.04 Å². The van der Waals surface area contributed by atoms with Crippen LogP contribution < -0.4 is 10.4 Å². The number of fused-ring (bicyclic) bond motifs is 1. The zero-order valence-electron chi connectivity index (χ0n) is 28.2. The molecular formula is C38H46N2O5SSi. The van der Waals surface area contributed by atoms with Gasteiger partial charge in [0.2, 0.25) is 5.91 Å². The summed E-state index contributed by atoms with van der Waals surface area (Å²) in [5.41, 5.74) is -0.451. The van der Waals surface area contributed by atoms with Gasteiger partial charge in [-0.05, 0) is 61.1 Å². The number of carbonyl (C=O) groups excluding carboxylic acids is 2. The summed E-state index contributed by atoms with van der Waals surface area (Å²) < 4.78 is 37.6. The van der Waals surface area contributed by atoms with Gasteiger partial charge in [-0.1, -0.05) is 111 Å². The van der Waals surface area contributed by atoms with E-state index in [-0.39, 0.29) is 23.6 Å². The summed E-state index contributed by atoms with van der Waals surface area (Å²) in [4.78, 5) is 30.6. The Morgan fingerprint density at radius 1 is 0.957 bits per heavy atom. The van der Waals surface area contributed by atoms with Crippen LogP contribution in [0.1, 0.15) is 32.8 Å². The van der Waals surface area contributed by atoms with Crippen LogP contribution in [0.3, 0.4) is 0 Å². The third-order valence-corrected chi connectivity index (χ3v) is 16.5. The number of nitrogens with zero attached hydrogens (tertiary/aromatic N) is 2. The number of sulfonamides is 1. The summed E-state index contributed by atoms with van der Waals surface area (Å²) in [6, 6.07) is 26.8. The number of rotatable bonds is 10. The van der Waals surface area contributed by atoms with Gasteiger partial charge in [-0.15, -0.1) is 6.58 Å². The number of amides is 1. The van der Waals surface area contributed by atoms with Crippen LogP contribution in [-0.4, -0.2) is 70.9 Å². The molecule has 248 valence electrons. The minimum atomic E-state index is -4.29. The van der Waals surface area contributed by atoms with E-state index >= 15 is 0 Å². The molecule has 0 N–H and O–H groups in total. The first kappa shape index (κ1) is 34.7. The van der Waals surface area contributed by atoms with Crippen molar-refractivity contribution < 1.29 is 22.4 Å². The predicted octanol–water partition coefficient (Wildman–Crippen LogP) is 4.97. The number of carbonyl (C=O) groups is 2. The summed E-state index contributed by atoms with van der Waals surface area (Å²) >= 11 is 0. The third kappa shape index (κ3) is 6.10. The zero-order valence-corrected chi connectivity index (χ0v) is 30.0. The molecule has 4 atom stereocenters. The van der Waals surface area contributed by atoms with Crippen molar-refractivity contribution >= 4 is 40.4 Å². The molecule has 47 heavy (non-hydrogen) atoms. The van der Waals surface area contributed by atoms with Crippen molar-refractivity contribution in [1.82, 2.24) is 9.21 Å². The van der Waals surface area contributed by atoms with Crippen LogP contribution in [0.15, 0.2) is 115 Å². The first-order chi connectivity index (χ1) is 22.2. The Morgan fingerprint density at radius 3 is 2.00 bits per heavy atom. The van der Waals surface area contributed by atoms with Gasteiger partial charge in [-0.3, -0.25) is 9.59 Å². The molecule has 1 aliphatic heterocycles. The number of hydrogen-bond acceptors (Lipinski definition) is 6. The summed E-state index contributed by atoms with van der Waals surface area (Å²) in [6.07, 6.45) is 4.10. The molecule has 1 amide bonds. The van der Waals surface area contributed by atoms with Crippen molar-refractivity contribution in [3.8, 4) is 0 Å². The summed E-state index contributed by atoms with van der Waals surface area (Å²) in [6.45, 7) is 12.5. The quantitative estimate of drug-likeness (QED) is 0.224. The van der Waals surface area contributed by atoms with Crippen LogP contribution in [0.25, 0.3) is 0 Å². The lowest BCUT2D eigenvalue weighted by molar-refractivity contribution is -0.154. The molecule has 1 fully saturated rings. The highest BCUT2D eigenvalue weighted by atomic mass is 32.2. The van der Waals surface area contributed by atoms with E-state index < -0.39 is 52.6 Å². The monoisotopic (exact) mass is 670 g/mol. The maximum Gasteiger partial charge on any atom is 0.266 e. The Bertz CT molecular complexity index is 1710. The van der Waals surface area contributed by atoms with E-state index in [2.05, 4.69) is 51.6 Å². The van der Waals surface area contributed by atoms with Crippen molar-refractivity contribution in [3.63, 3.8) is 0 Å². The second-order valence-corrected chi connectivity index (χ2v) is 20.3. The normalized spacial score (nSPS) is 23.6. The van der Waals surface area contributed by atoms with Crippen LogP contribution in [0.5, 0.6) is 0 Å². The Kier molecular flexibility index (Phi) is 9.68. The molecule has 1 unspecified atom stereocenters. The smallest absolute Gasteiger partial charge is 0.266 e. The number of piperidine rings is 1. The molecule has 7 nitrogen and oxygen atoms in total. The van der Waals surface area contributed by atoms with Gasteiger partial charge in [0.1, 0.15) is 0 Å². The largest absolute Gasteiger partial charge is 0.402 e. The molecule has 1 aliphatic carbocycles. The molecule has 0 radical (unpaired) electrons. The maximum absolute atomic E-state index is 14.8. The van der Waals surface area contributed by atoms with Gasteiger partial charge in [0.15, 0.2) is 5.78 Å². The highest BCUT2D eigenvalue weighted by Crippen LogP contribution is 2.52. The first-order valence-corrected chi connectivity index (χ1v) is 19.5. The second kappa shape index (κ2) is 13.1. The van der Waals surface area contributed by atoms with Crippen LogP contribution in [-0.2, 0) is 24.0 Å². The van der Waals surface area contributed by atoms with Crippen molar-refractivity contribution in [2.24, 2.45) is 17.3 Å². The average molecular weight is 671 g/mol. The van der Waals surface area contributed by atoms with Crippen LogP contribution in [0, 0.1) is 24.2 Å².